The number of hydrogen-bond donors (Lipinski definition) is 1. The van der Waals surface area contributed by atoms with E-state index in [0.717, 1.165) is 0 Å². The van der Waals surface area contributed by atoms with E-state index in [4.69, 9.17) is 4.74 Å². The zero-order valence-electron chi connectivity index (χ0n) is 14.1. The molecule has 1 aliphatic rings. The van der Waals surface area contributed by atoms with Crippen LogP contribution in [-0.4, -0.2) is 30.5 Å². The number of methoxy groups -OCH3 is 1. The number of anilines is 1. The minimum Gasteiger partial charge on any atom is -0.497 e. The Morgan fingerprint density at radius 3 is 2.23 bits per heavy atom. The molecule has 2 amide bonds. The van der Waals surface area contributed by atoms with Crippen molar-refractivity contribution in [1.29, 1.82) is 0 Å². The van der Waals surface area contributed by atoms with Crippen molar-refractivity contribution in [1.82, 2.24) is 5.32 Å². The fourth-order valence-corrected chi connectivity index (χ4v) is 2.69. The number of carbonyl (C=O) groups excluding carboxylic acids is 2. The smallest absolute Gasteiger partial charge is 0.244 e. The van der Waals surface area contributed by atoms with Crippen LogP contribution in [-0.2, 0) is 9.59 Å². The molecule has 0 spiro atoms. The van der Waals surface area contributed by atoms with Gasteiger partial charge in [0.15, 0.2) is 0 Å². The molecule has 0 aromatic heterocycles. The van der Waals surface area contributed by atoms with Gasteiger partial charge in [-0.3, -0.25) is 14.5 Å². The van der Waals surface area contributed by atoms with Gasteiger partial charge in [0.1, 0.15) is 11.8 Å². The molecule has 0 bridgehead atoms. The van der Waals surface area contributed by atoms with Crippen LogP contribution in [0.2, 0.25) is 0 Å². The number of nitrogens with one attached hydrogen (secondary N) is 1. The average molecular weight is 304 g/mol. The van der Waals surface area contributed by atoms with Gasteiger partial charge in [-0.15, -0.1) is 0 Å². The lowest BCUT2D eigenvalue weighted by molar-refractivity contribution is -0.145. The van der Waals surface area contributed by atoms with Gasteiger partial charge in [-0.05, 0) is 58.9 Å². The molecule has 1 unspecified atom stereocenters. The molecular weight excluding hydrogens is 280 g/mol. The Morgan fingerprint density at radius 2 is 1.77 bits per heavy atom. The number of hydrogen-bond acceptors (Lipinski definition) is 3. The summed E-state index contributed by atoms with van der Waals surface area (Å²) in [6.45, 7) is 9.40. The Kier molecular flexibility index (Phi) is 3.94. The van der Waals surface area contributed by atoms with Crippen LogP contribution in [0.5, 0.6) is 5.75 Å². The molecule has 1 aromatic rings. The van der Waals surface area contributed by atoms with E-state index in [1.807, 2.05) is 34.6 Å². The van der Waals surface area contributed by atoms with Gasteiger partial charge in [-0.1, -0.05) is 0 Å². The zero-order valence-corrected chi connectivity index (χ0v) is 14.1. The molecule has 5 heteroatoms. The first-order chi connectivity index (χ1) is 10.1. The molecule has 1 heterocycles. The van der Waals surface area contributed by atoms with E-state index < -0.39 is 11.5 Å². The first-order valence-electron chi connectivity index (χ1n) is 7.37. The summed E-state index contributed by atoms with van der Waals surface area (Å²) in [5.41, 5.74) is -0.328. The van der Waals surface area contributed by atoms with Crippen LogP contribution >= 0.6 is 0 Å². The number of β-lactam (4-membered cyclic amide) rings is 1. The quantitative estimate of drug-likeness (QED) is 0.872. The first kappa shape index (κ1) is 16.3. The van der Waals surface area contributed by atoms with Crippen LogP contribution in [0.1, 0.15) is 34.6 Å². The summed E-state index contributed by atoms with van der Waals surface area (Å²) in [7, 11) is 1.59. The van der Waals surface area contributed by atoms with Crippen molar-refractivity contribution in [2.24, 2.45) is 5.41 Å². The maximum atomic E-state index is 12.6. The second-order valence-electron chi connectivity index (χ2n) is 7.24. The molecule has 2 rings (SSSR count). The highest BCUT2D eigenvalue weighted by atomic mass is 16.5. The van der Waals surface area contributed by atoms with Crippen molar-refractivity contribution in [3.05, 3.63) is 24.3 Å². The number of nitrogens with zero attached hydrogens (tertiary/aromatic N) is 1. The van der Waals surface area contributed by atoms with E-state index in [1.165, 1.54) is 0 Å². The van der Waals surface area contributed by atoms with Crippen molar-refractivity contribution >= 4 is 17.5 Å². The lowest BCUT2D eigenvalue weighted by Gasteiger charge is -2.52. The molecule has 0 saturated carbocycles. The molecular formula is C17H24N2O3. The van der Waals surface area contributed by atoms with Gasteiger partial charge in [0, 0.05) is 11.2 Å². The highest BCUT2D eigenvalue weighted by Crippen LogP contribution is 2.42. The topological polar surface area (TPSA) is 58.6 Å². The highest BCUT2D eigenvalue weighted by molar-refractivity contribution is 6.14. The van der Waals surface area contributed by atoms with Crippen LogP contribution in [0.15, 0.2) is 24.3 Å². The number of ether oxygens (including phenoxy) is 1. The number of benzene rings is 1. The Morgan fingerprint density at radius 1 is 1.23 bits per heavy atom. The molecule has 0 aliphatic carbocycles. The fraction of sp³-hybridized carbons (Fsp3) is 0.529. The Bertz CT molecular complexity index is 585. The zero-order chi connectivity index (χ0) is 16.7. The minimum atomic E-state index is -0.699. The van der Waals surface area contributed by atoms with Gasteiger partial charge < -0.3 is 10.1 Å². The van der Waals surface area contributed by atoms with Crippen LogP contribution < -0.4 is 15.0 Å². The largest absolute Gasteiger partial charge is 0.497 e. The Labute approximate surface area is 131 Å². The van der Waals surface area contributed by atoms with E-state index in [9.17, 15) is 9.59 Å². The molecule has 1 fully saturated rings. The second kappa shape index (κ2) is 5.30. The molecule has 120 valence electrons. The summed E-state index contributed by atoms with van der Waals surface area (Å²) in [6, 6.07) is 6.65. The van der Waals surface area contributed by atoms with E-state index in [-0.39, 0.29) is 17.4 Å². The van der Waals surface area contributed by atoms with Crippen molar-refractivity contribution in [3.63, 3.8) is 0 Å². The van der Waals surface area contributed by atoms with Gasteiger partial charge in [0.05, 0.1) is 12.5 Å². The highest BCUT2D eigenvalue weighted by Gasteiger charge is 2.58. The van der Waals surface area contributed by atoms with Crippen LogP contribution in [0, 0.1) is 5.41 Å². The third-order valence-electron chi connectivity index (χ3n) is 3.81. The summed E-state index contributed by atoms with van der Waals surface area (Å²) < 4.78 is 5.13. The van der Waals surface area contributed by atoms with Gasteiger partial charge in [-0.2, -0.15) is 0 Å². The van der Waals surface area contributed by atoms with Crippen molar-refractivity contribution in [3.8, 4) is 5.75 Å². The summed E-state index contributed by atoms with van der Waals surface area (Å²) >= 11 is 0. The first-order valence-corrected chi connectivity index (χ1v) is 7.37. The van der Waals surface area contributed by atoms with Gasteiger partial charge in [0.2, 0.25) is 11.8 Å². The van der Waals surface area contributed by atoms with Gasteiger partial charge >= 0.3 is 0 Å². The predicted molar refractivity (Wildman–Crippen MR) is 85.9 cm³/mol. The SMILES string of the molecule is COc1ccc(N2C(=O)C(C)(C)C2C(=O)NC(C)(C)C)cc1. The molecule has 0 radical (unpaired) electrons. The second-order valence-corrected chi connectivity index (χ2v) is 7.24. The van der Waals surface area contributed by atoms with E-state index in [2.05, 4.69) is 5.32 Å². The molecule has 1 aromatic carbocycles. The van der Waals surface area contributed by atoms with Crippen molar-refractivity contribution < 1.29 is 14.3 Å². The average Bonchev–Trinajstić information content (AvgIpc) is 2.42. The van der Waals surface area contributed by atoms with Gasteiger partial charge in [-0.25, -0.2) is 0 Å². The molecule has 1 aliphatic heterocycles. The molecule has 1 saturated heterocycles. The monoisotopic (exact) mass is 304 g/mol. The maximum absolute atomic E-state index is 12.6. The standard InChI is InChI=1S/C17H24N2O3/c1-16(2,3)18-14(20)13-17(4,5)15(21)19(13)11-7-9-12(22-6)10-8-11/h7-10,13H,1-6H3,(H,18,20). The van der Waals surface area contributed by atoms with Gasteiger partial charge in [0.25, 0.3) is 0 Å². The van der Waals surface area contributed by atoms with Crippen LogP contribution in [0.4, 0.5) is 5.69 Å². The van der Waals surface area contributed by atoms with Crippen LogP contribution in [0.25, 0.3) is 0 Å². The van der Waals surface area contributed by atoms with E-state index in [1.54, 1.807) is 36.3 Å². The Hall–Kier alpha value is -2.04. The third kappa shape index (κ3) is 2.80. The van der Waals surface area contributed by atoms with Crippen molar-refractivity contribution in [2.75, 3.05) is 12.0 Å². The number of rotatable bonds is 3. The minimum absolute atomic E-state index is 0.0493. The van der Waals surface area contributed by atoms with E-state index in [0.29, 0.717) is 11.4 Å². The summed E-state index contributed by atoms with van der Waals surface area (Å²) in [4.78, 5) is 26.6. The lowest BCUT2D eigenvalue weighted by atomic mass is 9.72. The molecule has 1 atom stereocenters. The van der Waals surface area contributed by atoms with E-state index >= 15 is 0 Å². The molecule has 1 N–H and O–H groups in total. The summed E-state index contributed by atoms with van der Waals surface area (Å²) in [5.74, 6) is 0.534. The normalized spacial score (nSPS) is 20.4. The van der Waals surface area contributed by atoms with Crippen LogP contribution in [0.3, 0.4) is 0 Å². The fourth-order valence-electron chi connectivity index (χ4n) is 2.69. The lowest BCUT2D eigenvalue weighted by Crippen LogP contribution is -2.72. The summed E-state index contributed by atoms with van der Waals surface area (Å²) in [6.07, 6.45) is 0. The molecule has 22 heavy (non-hydrogen) atoms. The molecule has 5 nitrogen and oxygen atoms in total. The maximum Gasteiger partial charge on any atom is 0.244 e. The predicted octanol–water partition coefficient (Wildman–Crippen LogP) is 2.35. The summed E-state index contributed by atoms with van der Waals surface area (Å²) in [5, 5.41) is 2.96. The third-order valence-corrected chi connectivity index (χ3v) is 3.81. The number of amides is 2. The number of carbonyl (C=O) groups is 2. The van der Waals surface area contributed by atoms with Crippen molar-refractivity contribution in [2.45, 2.75) is 46.2 Å². The Balaban J connectivity index is 2.29.